The van der Waals surface area contributed by atoms with E-state index in [4.69, 9.17) is 4.74 Å². The maximum absolute atomic E-state index is 10.8. The quantitative estimate of drug-likeness (QED) is 0.462. The van der Waals surface area contributed by atoms with Crippen molar-refractivity contribution in [1.29, 1.82) is 0 Å². The summed E-state index contributed by atoms with van der Waals surface area (Å²) in [5.41, 5.74) is 1.07. The minimum absolute atomic E-state index is 0.242. The molecule has 0 aliphatic rings. The van der Waals surface area contributed by atoms with Gasteiger partial charge in [0.05, 0.1) is 12.9 Å². The van der Waals surface area contributed by atoms with Gasteiger partial charge in [-0.05, 0) is 12.5 Å². The van der Waals surface area contributed by atoms with Gasteiger partial charge in [-0.25, -0.2) is 0 Å². The van der Waals surface area contributed by atoms with E-state index in [9.17, 15) is 8.42 Å². The summed E-state index contributed by atoms with van der Waals surface area (Å²) in [5.74, 6) is 5.37. The number of ether oxygens (including phenoxy) is 1. The van der Waals surface area contributed by atoms with Gasteiger partial charge in [-0.15, -0.1) is 0 Å². The summed E-state index contributed by atoms with van der Waals surface area (Å²) >= 11 is 0. The van der Waals surface area contributed by atoms with E-state index in [0.717, 1.165) is 11.8 Å². The van der Waals surface area contributed by atoms with Gasteiger partial charge in [-0.3, -0.25) is 4.18 Å². The molecule has 1 rings (SSSR count). The second-order valence-electron chi connectivity index (χ2n) is 3.74. The lowest BCUT2D eigenvalue weighted by Crippen LogP contribution is -2.11. The smallest absolute Gasteiger partial charge is 0.265 e. The van der Waals surface area contributed by atoms with Gasteiger partial charge in [0, 0.05) is 0 Å². The predicted molar refractivity (Wildman–Crippen MR) is 69.3 cm³/mol. The molecule has 1 atom stereocenters. The third kappa shape index (κ3) is 7.07. The first-order chi connectivity index (χ1) is 8.47. The van der Waals surface area contributed by atoms with Crippen molar-refractivity contribution in [3.05, 3.63) is 35.9 Å². The van der Waals surface area contributed by atoms with Crippen LogP contribution in [0, 0.1) is 11.8 Å². The van der Waals surface area contributed by atoms with E-state index in [2.05, 4.69) is 16.0 Å². The van der Waals surface area contributed by atoms with Gasteiger partial charge in [-0.2, -0.15) is 8.42 Å². The van der Waals surface area contributed by atoms with Gasteiger partial charge < -0.3 is 4.74 Å². The first-order valence-corrected chi connectivity index (χ1v) is 7.27. The minimum atomic E-state index is -3.45. The molecule has 0 amide bonds. The van der Waals surface area contributed by atoms with Crippen LogP contribution in [-0.2, 0) is 25.6 Å². The molecule has 0 N–H and O–H groups in total. The molecule has 1 aromatic carbocycles. The Kier molecular flexibility index (Phi) is 5.86. The van der Waals surface area contributed by atoms with Gasteiger partial charge >= 0.3 is 0 Å². The topological polar surface area (TPSA) is 52.6 Å². The third-order valence-electron chi connectivity index (χ3n) is 1.91. The number of hydrogen-bond donors (Lipinski definition) is 0. The fourth-order valence-electron chi connectivity index (χ4n) is 1.27. The summed E-state index contributed by atoms with van der Waals surface area (Å²) in [6.45, 7) is 2.30. The highest BCUT2D eigenvalue weighted by Crippen LogP contribution is 2.00. The second kappa shape index (κ2) is 7.17. The molecule has 0 fully saturated rings. The first kappa shape index (κ1) is 14.7. The Hall–Kier alpha value is -1.35. The van der Waals surface area contributed by atoms with E-state index in [1.54, 1.807) is 6.92 Å². The van der Waals surface area contributed by atoms with E-state index < -0.39 is 16.2 Å². The summed E-state index contributed by atoms with van der Waals surface area (Å²) in [7, 11) is -3.45. The van der Waals surface area contributed by atoms with Crippen LogP contribution in [0.25, 0.3) is 0 Å². The molecule has 4 nitrogen and oxygen atoms in total. The number of benzene rings is 1. The monoisotopic (exact) mass is 268 g/mol. The molecular weight excluding hydrogens is 252 g/mol. The van der Waals surface area contributed by atoms with Crippen LogP contribution in [0.1, 0.15) is 12.5 Å². The highest BCUT2D eigenvalue weighted by atomic mass is 32.2. The van der Waals surface area contributed by atoms with Crippen molar-refractivity contribution in [2.24, 2.45) is 0 Å². The largest absolute Gasteiger partial charge is 0.364 e. The number of hydrogen-bond acceptors (Lipinski definition) is 4. The van der Waals surface area contributed by atoms with Crippen LogP contribution in [0.15, 0.2) is 30.3 Å². The van der Waals surface area contributed by atoms with E-state index in [0.29, 0.717) is 6.61 Å². The Morgan fingerprint density at radius 1 is 1.28 bits per heavy atom. The van der Waals surface area contributed by atoms with Gasteiger partial charge in [0.25, 0.3) is 10.1 Å². The van der Waals surface area contributed by atoms with Crippen molar-refractivity contribution in [2.45, 2.75) is 19.6 Å². The van der Waals surface area contributed by atoms with Gasteiger partial charge in [-0.1, -0.05) is 42.2 Å². The normalized spacial score (nSPS) is 12.6. The average molecular weight is 268 g/mol. The van der Waals surface area contributed by atoms with Crippen molar-refractivity contribution < 1.29 is 17.3 Å². The van der Waals surface area contributed by atoms with Crippen LogP contribution in [0.2, 0.25) is 0 Å². The van der Waals surface area contributed by atoms with E-state index in [1.165, 1.54) is 0 Å². The van der Waals surface area contributed by atoms with E-state index >= 15 is 0 Å². The lowest BCUT2D eigenvalue weighted by molar-refractivity contribution is 0.153. The van der Waals surface area contributed by atoms with Gasteiger partial charge in [0.1, 0.15) is 12.7 Å². The fourth-order valence-corrected chi connectivity index (χ4v) is 1.84. The van der Waals surface area contributed by atoms with Crippen molar-refractivity contribution in [1.82, 2.24) is 0 Å². The summed E-state index contributed by atoms with van der Waals surface area (Å²) < 4.78 is 31.6. The highest BCUT2D eigenvalue weighted by molar-refractivity contribution is 7.86. The lowest BCUT2D eigenvalue weighted by atomic mass is 10.2. The zero-order valence-corrected chi connectivity index (χ0v) is 11.2. The lowest BCUT2D eigenvalue weighted by Gasteiger charge is -2.02. The zero-order chi connectivity index (χ0) is 13.4. The summed E-state index contributed by atoms with van der Waals surface area (Å²) in [6, 6.07) is 9.73. The van der Waals surface area contributed by atoms with Crippen LogP contribution >= 0.6 is 0 Å². The molecule has 0 bridgehead atoms. The van der Waals surface area contributed by atoms with E-state index in [1.807, 2.05) is 30.3 Å². The van der Waals surface area contributed by atoms with Crippen LogP contribution in [0.5, 0.6) is 0 Å². The molecule has 98 valence electrons. The van der Waals surface area contributed by atoms with Crippen molar-refractivity contribution in [2.75, 3.05) is 12.9 Å². The molecule has 18 heavy (non-hydrogen) atoms. The maximum atomic E-state index is 10.8. The molecule has 0 saturated carbocycles. The average Bonchev–Trinajstić information content (AvgIpc) is 2.27. The molecule has 0 aromatic heterocycles. The highest BCUT2D eigenvalue weighted by Gasteiger charge is 2.06. The van der Waals surface area contributed by atoms with Crippen LogP contribution in [-0.4, -0.2) is 27.4 Å². The Bertz CT molecular complexity index is 511. The predicted octanol–water partition coefficient (Wildman–Crippen LogP) is 1.57. The van der Waals surface area contributed by atoms with E-state index in [-0.39, 0.29) is 6.61 Å². The minimum Gasteiger partial charge on any atom is -0.364 e. The van der Waals surface area contributed by atoms with Crippen molar-refractivity contribution in [3.8, 4) is 11.8 Å². The van der Waals surface area contributed by atoms with Crippen molar-refractivity contribution >= 4 is 10.1 Å². The van der Waals surface area contributed by atoms with Gasteiger partial charge in [0.15, 0.2) is 0 Å². The Morgan fingerprint density at radius 2 is 1.94 bits per heavy atom. The molecule has 0 unspecified atom stereocenters. The summed E-state index contributed by atoms with van der Waals surface area (Å²) in [4.78, 5) is 0. The standard InChI is InChI=1S/C13H16O4S/c1-12(17-18(2,14)15)7-6-10-16-11-13-8-4-3-5-9-13/h3-5,8-9,12H,10-11H2,1-2H3/t12-/m0/s1. The SMILES string of the molecule is C[C@@H](C#CCOCc1ccccc1)OS(C)(=O)=O. The molecule has 0 saturated heterocycles. The van der Waals surface area contributed by atoms with Crippen LogP contribution in [0.3, 0.4) is 0 Å². The van der Waals surface area contributed by atoms with Gasteiger partial charge in [0.2, 0.25) is 0 Å². The maximum Gasteiger partial charge on any atom is 0.265 e. The third-order valence-corrected chi connectivity index (χ3v) is 2.55. The molecule has 0 radical (unpaired) electrons. The molecule has 0 aliphatic carbocycles. The number of rotatable bonds is 5. The van der Waals surface area contributed by atoms with Crippen LogP contribution in [0.4, 0.5) is 0 Å². The Morgan fingerprint density at radius 3 is 2.56 bits per heavy atom. The zero-order valence-electron chi connectivity index (χ0n) is 10.4. The van der Waals surface area contributed by atoms with Crippen molar-refractivity contribution in [3.63, 3.8) is 0 Å². The molecule has 0 heterocycles. The molecule has 5 heteroatoms. The Balaban J connectivity index is 2.26. The summed E-state index contributed by atoms with van der Waals surface area (Å²) in [6.07, 6.45) is 0.345. The van der Waals surface area contributed by atoms with Crippen LogP contribution < -0.4 is 0 Å². The summed E-state index contributed by atoms with van der Waals surface area (Å²) in [5, 5.41) is 0. The first-order valence-electron chi connectivity index (χ1n) is 5.46. The fraction of sp³-hybridized carbons (Fsp3) is 0.385. The molecular formula is C13H16O4S. The second-order valence-corrected chi connectivity index (χ2v) is 5.34. The molecule has 1 aromatic rings. The molecule has 0 spiro atoms. The molecule has 0 aliphatic heterocycles. The Labute approximate surface area is 108 Å².